The largest absolute Gasteiger partial charge is 0.369 e. The van der Waals surface area contributed by atoms with E-state index in [1.807, 2.05) is 53.6 Å². The summed E-state index contributed by atoms with van der Waals surface area (Å²) in [5, 5.41) is 12.6. The lowest BCUT2D eigenvalue weighted by molar-refractivity contribution is -0.123. The monoisotopic (exact) mass is 393 g/mol. The molecule has 3 N–H and O–H groups in total. The molecular formula is C22H27N5O2. The van der Waals surface area contributed by atoms with E-state index in [1.54, 1.807) is 0 Å². The molecule has 7 nitrogen and oxygen atoms in total. The molecule has 1 aromatic carbocycles. The molecule has 0 saturated carbocycles. The number of nitrogens with two attached hydrogens (primary N) is 1. The van der Waals surface area contributed by atoms with Crippen LogP contribution in [0.2, 0.25) is 0 Å². The minimum absolute atomic E-state index is 0.104. The molecule has 0 unspecified atom stereocenters. The van der Waals surface area contributed by atoms with Crippen molar-refractivity contribution in [3.05, 3.63) is 52.7 Å². The third-order valence-electron chi connectivity index (χ3n) is 5.74. The molecule has 29 heavy (non-hydrogen) atoms. The first-order valence-corrected chi connectivity index (χ1v) is 9.86. The van der Waals surface area contributed by atoms with Crippen molar-refractivity contribution in [1.29, 1.82) is 5.26 Å². The molecule has 1 aromatic heterocycles. The molecule has 0 radical (unpaired) electrons. The summed E-state index contributed by atoms with van der Waals surface area (Å²) in [6.45, 7) is 5.99. The van der Waals surface area contributed by atoms with Gasteiger partial charge in [-0.15, -0.1) is 0 Å². The molecule has 0 bridgehead atoms. The molecule has 2 amide bonds. The first-order chi connectivity index (χ1) is 13.9. The molecular weight excluding hydrogens is 366 g/mol. The topological polar surface area (TPSA) is 104 Å². The number of likely N-dealkylation sites (tertiary alicyclic amines) is 1. The smallest absolute Gasteiger partial charge is 0.239 e. The number of primary amides is 1. The quantitative estimate of drug-likeness (QED) is 0.785. The minimum Gasteiger partial charge on any atom is -0.369 e. The van der Waals surface area contributed by atoms with Crippen molar-refractivity contribution in [3.8, 4) is 6.07 Å². The van der Waals surface area contributed by atoms with Gasteiger partial charge in [-0.3, -0.25) is 14.5 Å². The van der Waals surface area contributed by atoms with Crippen LogP contribution in [-0.2, 0) is 16.1 Å². The van der Waals surface area contributed by atoms with E-state index >= 15 is 0 Å². The Labute approximate surface area is 171 Å². The van der Waals surface area contributed by atoms with Crippen molar-refractivity contribution in [3.63, 3.8) is 0 Å². The van der Waals surface area contributed by atoms with E-state index < -0.39 is 0 Å². The Hall–Kier alpha value is -3.11. The Balaban J connectivity index is 1.74. The van der Waals surface area contributed by atoms with Gasteiger partial charge in [0, 0.05) is 18.2 Å². The van der Waals surface area contributed by atoms with Crippen molar-refractivity contribution >= 4 is 17.6 Å². The highest BCUT2D eigenvalue weighted by atomic mass is 16.2. The van der Waals surface area contributed by atoms with E-state index in [2.05, 4.69) is 11.4 Å². The number of piperidine rings is 1. The number of benzene rings is 1. The van der Waals surface area contributed by atoms with Crippen molar-refractivity contribution in [2.45, 2.75) is 33.2 Å². The van der Waals surface area contributed by atoms with Crippen molar-refractivity contribution in [1.82, 2.24) is 9.47 Å². The van der Waals surface area contributed by atoms with E-state index in [1.165, 1.54) is 0 Å². The molecule has 0 spiro atoms. The third-order valence-corrected chi connectivity index (χ3v) is 5.74. The number of carbonyl (C=O) groups is 2. The zero-order chi connectivity index (χ0) is 21.0. The van der Waals surface area contributed by atoms with Crippen molar-refractivity contribution in [2.24, 2.45) is 11.7 Å². The van der Waals surface area contributed by atoms with Gasteiger partial charge in [0.2, 0.25) is 11.8 Å². The van der Waals surface area contributed by atoms with E-state index in [4.69, 9.17) is 5.73 Å². The van der Waals surface area contributed by atoms with E-state index in [-0.39, 0.29) is 24.3 Å². The van der Waals surface area contributed by atoms with Crippen LogP contribution in [-0.4, -0.2) is 40.9 Å². The lowest BCUT2D eigenvalue weighted by Crippen LogP contribution is -2.42. The first kappa shape index (κ1) is 20.6. The maximum absolute atomic E-state index is 12.7. The molecule has 1 saturated heterocycles. The maximum atomic E-state index is 12.7. The van der Waals surface area contributed by atoms with Crippen molar-refractivity contribution in [2.75, 3.05) is 25.0 Å². The summed E-state index contributed by atoms with van der Waals surface area (Å²) < 4.78 is 1.99. The molecule has 3 rings (SSSR count). The van der Waals surface area contributed by atoms with Crippen molar-refractivity contribution < 1.29 is 9.59 Å². The number of nitrogens with zero attached hydrogens (tertiary/aromatic N) is 3. The van der Waals surface area contributed by atoms with Crippen LogP contribution in [0, 0.1) is 31.1 Å². The zero-order valence-electron chi connectivity index (χ0n) is 16.9. The fourth-order valence-electron chi connectivity index (χ4n) is 3.84. The van der Waals surface area contributed by atoms with Crippen LogP contribution in [0.15, 0.2) is 30.3 Å². The fraction of sp³-hybridized carbons (Fsp3) is 0.409. The van der Waals surface area contributed by atoms with E-state index in [9.17, 15) is 14.9 Å². The second-order valence-corrected chi connectivity index (χ2v) is 7.62. The first-order valence-electron chi connectivity index (χ1n) is 9.86. The number of aromatic nitrogens is 1. The predicted molar refractivity (Wildman–Crippen MR) is 111 cm³/mol. The van der Waals surface area contributed by atoms with Gasteiger partial charge in [0.1, 0.15) is 11.9 Å². The number of nitriles is 1. The zero-order valence-corrected chi connectivity index (χ0v) is 16.9. The lowest BCUT2D eigenvalue weighted by atomic mass is 9.96. The fourth-order valence-corrected chi connectivity index (χ4v) is 3.84. The lowest BCUT2D eigenvalue weighted by Gasteiger charge is -2.29. The summed E-state index contributed by atoms with van der Waals surface area (Å²) in [5.41, 5.74) is 8.81. The van der Waals surface area contributed by atoms with Gasteiger partial charge in [-0.2, -0.15) is 5.26 Å². The van der Waals surface area contributed by atoms with E-state index in [0.29, 0.717) is 43.9 Å². The Morgan fingerprint density at radius 3 is 2.45 bits per heavy atom. The van der Waals surface area contributed by atoms with Gasteiger partial charge in [-0.25, -0.2) is 0 Å². The summed E-state index contributed by atoms with van der Waals surface area (Å²) >= 11 is 0. The van der Waals surface area contributed by atoms with Crippen LogP contribution in [0.1, 0.15) is 35.2 Å². The predicted octanol–water partition coefficient (Wildman–Crippen LogP) is 2.16. The maximum Gasteiger partial charge on any atom is 0.239 e. The Morgan fingerprint density at radius 2 is 1.86 bits per heavy atom. The van der Waals surface area contributed by atoms with Crippen LogP contribution in [0.3, 0.4) is 0 Å². The molecule has 2 aromatic rings. The van der Waals surface area contributed by atoms with Gasteiger partial charge in [0.05, 0.1) is 12.1 Å². The second kappa shape index (κ2) is 8.93. The van der Waals surface area contributed by atoms with E-state index in [0.717, 1.165) is 16.8 Å². The van der Waals surface area contributed by atoms with Gasteiger partial charge in [0.15, 0.2) is 0 Å². The molecule has 7 heteroatoms. The summed E-state index contributed by atoms with van der Waals surface area (Å²) in [4.78, 5) is 26.0. The number of hydrogen-bond donors (Lipinski definition) is 2. The SMILES string of the molecule is Cc1c(C#N)c(NC(=O)CN2CCC(C(N)=O)CC2)n(Cc2ccccc2)c1C. The average Bonchev–Trinajstić information content (AvgIpc) is 2.93. The Morgan fingerprint density at radius 1 is 1.21 bits per heavy atom. The Kier molecular flexibility index (Phi) is 6.35. The van der Waals surface area contributed by atoms with Gasteiger partial charge >= 0.3 is 0 Å². The number of anilines is 1. The molecule has 2 heterocycles. The molecule has 0 aliphatic carbocycles. The van der Waals surface area contributed by atoms with Gasteiger partial charge in [-0.1, -0.05) is 30.3 Å². The molecule has 1 aliphatic heterocycles. The third kappa shape index (κ3) is 4.66. The number of nitrogens with one attached hydrogen (secondary N) is 1. The number of rotatable bonds is 6. The highest BCUT2D eigenvalue weighted by Gasteiger charge is 2.25. The normalized spacial score (nSPS) is 15.1. The summed E-state index contributed by atoms with van der Waals surface area (Å²) in [7, 11) is 0. The van der Waals surface area contributed by atoms with Gasteiger partial charge in [-0.05, 0) is 50.9 Å². The van der Waals surface area contributed by atoms with Crippen LogP contribution in [0.5, 0.6) is 0 Å². The van der Waals surface area contributed by atoms with Crippen LogP contribution in [0.25, 0.3) is 0 Å². The molecule has 152 valence electrons. The van der Waals surface area contributed by atoms with Crippen LogP contribution in [0.4, 0.5) is 5.82 Å². The number of hydrogen-bond acceptors (Lipinski definition) is 4. The molecule has 1 aliphatic rings. The standard InChI is InChI=1S/C22H27N5O2/c1-15-16(2)27(13-17-6-4-3-5-7-17)22(19(15)12-23)25-20(28)14-26-10-8-18(9-11-26)21(24)29/h3-7,18H,8-11,13-14H2,1-2H3,(H2,24,29)(H,25,28). The number of carbonyl (C=O) groups excluding carboxylic acids is 2. The van der Waals surface area contributed by atoms with Crippen LogP contribution >= 0.6 is 0 Å². The van der Waals surface area contributed by atoms with Gasteiger partial charge in [0.25, 0.3) is 0 Å². The Bertz CT molecular complexity index is 934. The summed E-state index contributed by atoms with van der Waals surface area (Å²) in [5.74, 6) is 0.0135. The number of amides is 2. The average molecular weight is 393 g/mol. The second-order valence-electron chi connectivity index (χ2n) is 7.62. The molecule has 0 atom stereocenters. The van der Waals surface area contributed by atoms with Gasteiger partial charge < -0.3 is 15.6 Å². The molecule has 1 fully saturated rings. The summed E-state index contributed by atoms with van der Waals surface area (Å²) in [6, 6.07) is 12.2. The highest BCUT2D eigenvalue weighted by molar-refractivity contribution is 5.93. The minimum atomic E-state index is -0.266. The van der Waals surface area contributed by atoms with Crippen LogP contribution < -0.4 is 11.1 Å². The highest BCUT2D eigenvalue weighted by Crippen LogP contribution is 2.27. The summed E-state index contributed by atoms with van der Waals surface area (Å²) in [6.07, 6.45) is 1.35.